The predicted octanol–water partition coefficient (Wildman–Crippen LogP) is 2.89. The molecule has 0 saturated carbocycles. The van der Waals surface area contributed by atoms with E-state index >= 15 is 0 Å². The Kier molecular flexibility index (Phi) is 5.83. The van der Waals surface area contributed by atoms with Crippen LogP contribution >= 0.6 is 11.8 Å². The van der Waals surface area contributed by atoms with Crippen molar-refractivity contribution >= 4 is 11.8 Å². The normalized spacial score (nSPS) is 10.5. The predicted molar refractivity (Wildman–Crippen MR) is 82.0 cm³/mol. The zero-order chi connectivity index (χ0) is 14.2. The summed E-state index contributed by atoms with van der Waals surface area (Å²) < 4.78 is 5.42. The Bertz CT molecular complexity index is 534. The van der Waals surface area contributed by atoms with Crippen LogP contribution in [-0.4, -0.2) is 23.6 Å². The lowest BCUT2D eigenvalue weighted by Crippen LogP contribution is -2.11. The molecular formula is C15H19N3OS. The molecule has 0 amide bonds. The van der Waals surface area contributed by atoms with Gasteiger partial charge in [0.2, 0.25) is 0 Å². The zero-order valence-electron chi connectivity index (χ0n) is 11.8. The van der Waals surface area contributed by atoms with E-state index in [1.54, 1.807) is 37.5 Å². The molecule has 0 aliphatic rings. The van der Waals surface area contributed by atoms with Crippen LogP contribution in [0.25, 0.3) is 0 Å². The summed E-state index contributed by atoms with van der Waals surface area (Å²) in [5.74, 6) is 1.74. The zero-order valence-corrected chi connectivity index (χ0v) is 12.6. The van der Waals surface area contributed by atoms with E-state index in [1.165, 1.54) is 11.1 Å². The first kappa shape index (κ1) is 14.8. The minimum atomic E-state index is 0.821. The average molecular weight is 289 g/mol. The lowest BCUT2D eigenvalue weighted by molar-refractivity contribution is 0.411. The number of hydrogen-bond acceptors (Lipinski definition) is 5. The first-order valence-corrected chi connectivity index (χ1v) is 7.57. The van der Waals surface area contributed by atoms with Gasteiger partial charge >= 0.3 is 0 Å². The highest BCUT2D eigenvalue weighted by molar-refractivity contribution is 7.98. The fourth-order valence-corrected chi connectivity index (χ4v) is 2.64. The van der Waals surface area contributed by atoms with Gasteiger partial charge in [0.05, 0.1) is 13.3 Å². The molecule has 2 rings (SSSR count). The first-order chi connectivity index (χ1) is 9.83. The summed E-state index contributed by atoms with van der Waals surface area (Å²) in [6, 6.07) is 6.31. The minimum Gasteiger partial charge on any atom is -0.496 e. The molecule has 0 unspecified atom stereocenters. The van der Waals surface area contributed by atoms with E-state index in [9.17, 15) is 0 Å². The average Bonchev–Trinajstić information content (AvgIpc) is 2.52. The number of thioether (sulfide) groups is 1. The van der Waals surface area contributed by atoms with Crippen LogP contribution in [0.4, 0.5) is 0 Å². The van der Waals surface area contributed by atoms with Crippen molar-refractivity contribution in [1.29, 1.82) is 0 Å². The van der Waals surface area contributed by atoms with E-state index in [2.05, 4.69) is 34.3 Å². The molecule has 1 aromatic heterocycles. The van der Waals surface area contributed by atoms with Crippen LogP contribution in [0.2, 0.25) is 0 Å². The van der Waals surface area contributed by atoms with Crippen molar-refractivity contribution in [3.63, 3.8) is 0 Å². The van der Waals surface area contributed by atoms with Gasteiger partial charge in [0.15, 0.2) is 0 Å². The van der Waals surface area contributed by atoms with Crippen molar-refractivity contribution in [3.05, 3.63) is 47.9 Å². The van der Waals surface area contributed by atoms with Crippen LogP contribution in [0.5, 0.6) is 5.75 Å². The van der Waals surface area contributed by atoms with E-state index in [-0.39, 0.29) is 0 Å². The maximum absolute atomic E-state index is 5.42. The van der Waals surface area contributed by atoms with Gasteiger partial charge in [-0.2, -0.15) is 0 Å². The van der Waals surface area contributed by atoms with Crippen LogP contribution in [0.15, 0.2) is 41.8 Å². The lowest BCUT2D eigenvalue weighted by atomic mass is 10.1. The van der Waals surface area contributed by atoms with Gasteiger partial charge in [-0.05, 0) is 24.2 Å². The number of hydrogen-bond donors (Lipinski definition) is 1. The molecule has 0 fully saturated rings. The summed E-state index contributed by atoms with van der Waals surface area (Å²) in [6.07, 6.45) is 5.17. The SMILES string of the molecule is CCNCc1ccc(OC)c(CSc2cnccn2)c1. The monoisotopic (exact) mass is 289 g/mol. The summed E-state index contributed by atoms with van der Waals surface area (Å²) in [7, 11) is 1.70. The van der Waals surface area contributed by atoms with Crippen LogP contribution in [0, 0.1) is 0 Å². The third-order valence-electron chi connectivity index (χ3n) is 2.84. The van der Waals surface area contributed by atoms with Gasteiger partial charge in [0.1, 0.15) is 10.8 Å². The Morgan fingerprint density at radius 2 is 2.20 bits per heavy atom. The summed E-state index contributed by atoms with van der Waals surface area (Å²) in [4.78, 5) is 8.34. The van der Waals surface area contributed by atoms with Crippen molar-refractivity contribution in [2.75, 3.05) is 13.7 Å². The minimum absolute atomic E-state index is 0.821. The third kappa shape index (κ3) is 4.21. The Morgan fingerprint density at radius 3 is 2.90 bits per heavy atom. The number of ether oxygens (including phenoxy) is 1. The summed E-state index contributed by atoms with van der Waals surface area (Å²) in [6.45, 7) is 3.95. The quantitative estimate of drug-likeness (QED) is 0.794. The smallest absolute Gasteiger partial charge is 0.122 e. The van der Waals surface area contributed by atoms with Crippen molar-refractivity contribution < 1.29 is 4.74 Å². The number of benzene rings is 1. The van der Waals surface area contributed by atoms with Gasteiger partial charge in [-0.1, -0.05) is 24.8 Å². The van der Waals surface area contributed by atoms with Crippen molar-refractivity contribution in [3.8, 4) is 5.75 Å². The molecule has 0 aliphatic carbocycles. The second kappa shape index (κ2) is 7.87. The Labute approximate surface area is 124 Å². The van der Waals surface area contributed by atoms with E-state index in [0.29, 0.717) is 0 Å². The maximum atomic E-state index is 5.42. The van der Waals surface area contributed by atoms with Crippen LogP contribution < -0.4 is 10.1 Å². The molecule has 0 bridgehead atoms. The van der Waals surface area contributed by atoms with Gasteiger partial charge in [-0.15, -0.1) is 0 Å². The van der Waals surface area contributed by atoms with Crippen molar-refractivity contribution in [2.45, 2.75) is 24.2 Å². The van der Waals surface area contributed by atoms with E-state index in [4.69, 9.17) is 4.74 Å². The molecule has 0 saturated heterocycles. The van der Waals surface area contributed by atoms with Gasteiger partial charge in [-0.25, -0.2) is 4.98 Å². The summed E-state index contributed by atoms with van der Waals surface area (Å²) >= 11 is 1.66. The van der Waals surface area contributed by atoms with Gasteiger partial charge in [-0.3, -0.25) is 4.98 Å². The molecule has 5 heteroatoms. The Morgan fingerprint density at radius 1 is 1.30 bits per heavy atom. The van der Waals surface area contributed by atoms with Crippen molar-refractivity contribution in [1.82, 2.24) is 15.3 Å². The third-order valence-corrected chi connectivity index (χ3v) is 3.80. The number of nitrogens with one attached hydrogen (secondary N) is 1. The number of aromatic nitrogens is 2. The van der Waals surface area contributed by atoms with E-state index < -0.39 is 0 Å². The lowest BCUT2D eigenvalue weighted by Gasteiger charge is -2.11. The number of nitrogens with zero attached hydrogens (tertiary/aromatic N) is 2. The fourth-order valence-electron chi connectivity index (χ4n) is 1.84. The molecule has 0 aliphatic heterocycles. The molecule has 4 nitrogen and oxygen atoms in total. The Hall–Kier alpha value is -1.59. The molecule has 2 aromatic rings. The van der Waals surface area contributed by atoms with Gasteiger partial charge in [0.25, 0.3) is 0 Å². The molecule has 0 atom stereocenters. The van der Waals surface area contributed by atoms with Crippen LogP contribution in [0.3, 0.4) is 0 Å². The second-order valence-corrected chi connectivity index (χ2v) is 5.25. The highest BCUT2D eigenvalue weighted by Crippen LogP contribution is 2.27. The summed E-state index contributed by atoms with van der Waals surface area (Å²) in [5.41, 5.74) is 2.45. The first-order valence-electron chi connectivity index (χ1n) is 6.58. The second-order valence-electron chi connectivity index (χ2n) is 4.26. The van der Waals surface area contributed by atoms with Gasteiger partial charge in [0, 0.05) is 30.3 Å². The van der Waals surface area contributed by atoms with Crippen LogP contribution in [-0.2, 0) is 12.3 Å². The van der Waals surface area contributed by atoms with E-state index in [1.807, 2.05) is 6.07 Å². The Balaban J connectivity index is 2.07. The fraction of sp³-hybridized carbons (Fsp3) is 0.333. The topological polar surface area (TPSA) is 47.0 Å². The van der Waals surface area contributed by atoms with Crippen LogP contribution in [0.1, 0.15) is 18.1 Å². The van der Waals surface area contributed by atoms with Gasteiger partial charge < -0.3 is 10.1 Å². The molecule has 1 heterocycles. The highest BCUT2D eigenvalue weighted by Gasteiger charge is 2.06. The largest absolute Gasteiger partial charge is 0.496 e. The van der Waals surface area contributed by atoms with Crippen molar-refractivity contribution in [2.24, 2.45) is 0 Å². The standard InChI is InChI=1S/C15H19N3OS/c1-3-16-9-12-4-5-14(19-2)13(8-12)11-20-15-10-17-6-7-18-15/h4-8,10,16H,3,9,11H2,1-2H3. The number of rotatable bonds is 7. The molecule has 106 valence electrons. The molecular weight excluding hydrogens is 270 g/mol. The molecule has 0 radical (unpaired) electrons. The number of methoxy groups -OCH3 is 1. The molecule has 1 N–H and O–H groups in total. The molecule has 0 spiro atoms. The maximum Gasteiger partial charge on any atom is 0.122 e. The summed E-state index contributed by atoms with van der Waals surface area (Å²) in [5, 5.41) is 4.26. The molecule has 1 aromatic carbocycles. The molecule has 20 heavy (non-hydrogen) atoms. The van der Waals surface area contributed by atoms with E-state index in [0.717, 1.165) is 29.6 Å². The highest BCUT2D eigenvalue weighted by atomic mass is 32.2.